The molecule has 1 aliphatic rings. The number of sulfonamides is 1. The normalized spacial score (nSPS) is 14.1. The van der Waals surface area contributed by atoms with Crippen LogP contribution >= 0.6 is 0 Å². The monoisotopic (exact) mass is 481 g/mol. The number of rotatable bonds is 6. The highest BCUT2D eigenvalue weighted by Crippen LogP contribution is 2.29. The Hall–Kier alpha value is -3.72. The van der Waals surface area contributed by atoms with Crippen LogP contribution in [-0.4, -0.2) is 57.6 Å². The van der Waals surface area contributed by atoms with Gasteiger partial charge in [-0.3, -0.25) is 9.52 Å². The Morgan fingerprint density at radius 1 is 0.971 bits per heavy atom. The highest BCUT2D eigenvalue weighted by atomic mass is 32.2. The van der Waals surface area contributed by atoms with Crippen LogP contribution < -0.4 is 14.4 Å². The molecule has 0 bridgehead atoms. The molecule has 3 aromatic carbocycles. The van der Waals surface area contributed by atoms with Gasteiger partial charge in [0.2, 0.25) is 0 Å². The number of nitrogens with one attached hydrogen (secondary N) is 1. The second-order valence-corrected chi connectivity index (χ2v) is 9.70. The highest BCUT2D eigenvalue weighted by molar-refractivity contribution is 7.92. The summed E-state index contributed by atoms with van der Waals surface area (Å²) in [6.07, 6.45) is 0. The number of ether oxygens (including phenoxy) is 1. The minimum absolute atomic E-state index is 0.0390. The quantitative estimate of drug-likeness (QED) is 0.559. The predicted molar refractivity (Wildman–Crippen MR) is 131 cm³/mol. The van der Waals surface area contributed by atoms with Gasteiger partial charge in [0.25, 0.3) is 15.9 Å². The molecular weight excluding hydrogens is 454 g/mol. The number of nitrogens with zero attached hydrogens (tertiary/aromatic N) is 2. The molecule has 8 nitrogen and oxygen atoms in total. The van der Waals surface area contributed by atoms with E-state index in [0.29, 0.717) is 48.7 Å². The zero-order valence-corrected chi connectivity index (χ0v) is 19.9. The lowest BCUT2D eigenvalue weighted by Gasteiger charge is -2.36. The van der Waals surface area contributed by atoms with Crippen molar-refractivity contribution in [1.29, 1.82) is 0 Å². The predicted octanol–water partition coefficient (Wildman–Crippen LogP) is 3.47. The first kappa shape index (κ1) is 23.4. The van der Waals surface area contributed by atoms with Crippen LogP contribution in [0.25, 0.3) is 0 Å². The van der Waals surface area contributed by atoms with Gasteiger partial charge in [0, 0.05) is 31.7 Å². The molecule has 0 atom stereocenters. The van der Waals surface area contributed by atoms with E-state index < -0.39 is 10.0 Å². The van der Waals surface area contributed by atoms with Gasteiger partial charge in [-0.25, -0.2) is 8.42 Å². The fourth-order valence-electron chi connectivity index (χ4n) is 4.02. The molecular formula is C25H27N3O5S. The molecule has 1 fully saturated rings. The number of methoxy groups -OCH3 is 1. The van der Waals surface area contributed by atoms with Gasteiger partial charge in [0.15, 0.2) is 0 Å². The van der Waals surface area contributed by atoms with Crippen molar-refractivity contribution in [3.8, 4) is 11.5 Å². The fraction of sp³-hybridized carbons (Fsp3) is 0.240. The van der Waals surface area contributed by atoms with Gasteiger partial charge < -0.3 is 19.6 Å². The Morgan fingerprint density at radius 3 is 2.35 bits per heavy atom. The molecule has 0 spiro atoms. The van der Waals surface area contributed by atoms with Gasteiger partial charge in [0.05, 0.1) is 23.4 Å². The molecule has 1 saturated heterocycles. The van der Waals surface area contributed by atoms with Crippen molar-refractivity contribution in [2.24, 2.45) is 0 Å². The van der Waals surface area contributed by atoms with Crippen molar-refractivity contribution in [2.75, 3.05) is 42.9 Å². The molecule has 0 aromatic heterocycles. The SMILES string of the molecule is COc1ccccc1NS(=O)(=O)c1cc(C(=O)N2CCN(c3ccccc3O)CC2)ccc1C. The molecule has 1 heterocycles. The second-order valence-electron chi connectivity index (χ2n) is 8.05. The number of phenolic OH excluding ortho intramolecular Hbond substituents is 1. The number of anilines is 2. The number of benzene rings is 3. The lowest BCUT2D eigenvalue weighted by atomic mass is 10.1. The molecule has 2 N–H and O–H groups in total. The van der Waals surface area contributed by atoms with E-state index in [1.165, 1.54) is 13.2 Å². The largest absolute Gasteiger partial charge is 0.506 e. The molecule has 3 aromatic rings. The van der Waals surface area contributed by atoms with Crippen molar-refractivity contribution in [1.82, 2.24) is 4.90 Å². The van der Waals surface area contributed by atoms with E-state index in [2.05, 4.69) is 4.72 Å². The third kappa shape index (κ3) is 4.79. The Bertz CT molecular complexity index is 1300. The van der Waals surface area contributed by atoms with E-state index in [1.807, 2.05) is 17.0 Å². The number of carbonyl (C=O) groups excluding carboxylic acids is 1. The minimum Gasteiger partial charge on any atom is -0.506 e. The van der Waals surface area contributed by atoms with Gasteiger partial charge in [-0.05, 0) is 48.9 Å². The summed E-state index contributed by atoms with van der Waals surface area (Å²) in [6.45, 7) is 3.74. The summed E-state index contributed by atoms with van der Waals surface area (Å²) in [7, 11) is -2.48. The van der Waals surface area contributed by atoms with E-state index in [1.54, 1.807) is 60.4 Å². The number of hydrogen-bond acceptors (Lipinski definition) is 6. The van der Waals surface area contributed by atoms with Gasteiger partial charge in [-0.15, -0.1) is 0 Å². The Balaban J connectivity index is 1.52. The average molecular weight is 482 g/mol. The Labute approximate surface area is 199 Å². The Morgan fingerprint density at radius 2 is 1.65 bits per heavy atom. The van der Waals surface area contributed by atoms with Gasteiger partial charge in [0.1, 0.15) is 11.5 Å². The van der Waals surface area contributed by atoms with Crippen molar-refractivity contribution in [2.45, 2.75) is 11.8 Å². The molecule has 0 saturated carbocycles. The van der Waals surface area contributed by atoms with Crippen LogP contribution in [0.5, 0.6) is 11.5 Å². The van der Waals surface area contributed by atoms with E-state index in [-0.39, 0.29) is 16.6 Å². The first-order valence-corrected chi connectivity index (χ1v) is 12.4. The molecule has 1 amide bonds. The number of aromatic hydroxyl groups is 1. The lowest BCUT2D eigenvalue weighted by Crippen LogP contribution is -2.48. The van der Waals surface area contributed by atoms with Crippen LogP contribution in [0.3, 0.4) is 0 Å². The number of para-hydroxylation sites is 4. The maximum Gasteiger partial charge on any atom is 0.262 e. The summed E-state index contributed by atoms with van der Waals surface area (Å²) in [4.78, 5) is 16.9. The van der Waals surface area contributed by atoms with Crippen LogP contribution in [0.15, 0.2) is 71.6 Å². The summed E-state index contributed by atoms with van der Waals surface area (Å²) >= 11 is 0. The summed E-state index contributed by atoms with van der Waals surface area (Å²) in [6, 6.07) is 18.6. The van der Waals surface area contributed by atoms with Gasteiger partial charge >= 0.3 is 0 Å². The van der Waals surface area contributed by atoms with Gasteiger partial charge in [-0.2, -0.15) is 0 Å². The average Bonchev–Trinajstić information content (AvgIpc) is 2.84. The zero-order chi connectivity index (χ0) is 24.3. The number of piperazine rings is 1. The zero-order valence-electron chi connectivity index (χ0n) is 19.1. The molecule has 9 heteroatoms. The van der Waals surface area contributed by atoms with Crippen molar-refractivity contribution < 1.29 is 23.1 Å². The third-order valence-corrected chi connectivity index (χ3v) is 7.37. The summed E-state index contributed by atoms with van der Waals surface area (Å²) < 4.78 is 34.1. The molecule has 4 rings (SSSR count). The smallest absolute Gasteiger partial charge is 0.262 e. The van der Waals surface area contributed by atoms with Crippen LogP contribution in [0.4, 0.5) is 11.4 Å². The van der Waals surface area contributed by atoms with Crippen LogP contribution in [0.2, 0.25) is 0 Å². The van der Waals surface area contributed by atoms with E-state index in [9.17, 15) is 18.3 Å². The second kappa shape index (κ2) is 9.64. The van der Waals surface area contributed by atoms with Crippen molar-refractivity contribution in [3.05, 3.63) is 77.9 Å². The van der Waals surface area contributed by atoms with Crippen LogP contribution in [0, 0.1) is 6.92 Å². The molecule has 34 heavy (non-hydrogen) atoms. The number of amides is 1. The highest BCUT2D eigenvalue weighted by Gasteiger charge is 2.26. The first-order chi connectivity index (χ1) is 16.3. The topological polar surface area (TPSA) is 99.2 Å². The van der Waals surface area contributed by atoms with Crippen molar-refractivity contribution >= 4 is 27.3 Å². The first-order valence-electron chi connectivity index (χ1n) is 10.9. The van der Waals surface area contributed by atoms with Crippen molar-refractivity contribution in [3.63, 3.8) is 0 Å². The maximum atomic E-state index is 13.2. The summed E-state index contributed by atoms with van der Waals surface area (Å²) in [5.74, 6) is 0.377. The molecule has 0 radical (unpaired) electrons. The molecule has 0 unspecified atom stereocenters. The van der Waals surface area contributed by atoms with Gasteiger partial charge in [-0.1, -0.05) is 30.3 Å². The van der Waals surface area contributed by atoms with E-state index in [0.717, 1.165) is 5.69 Å². The lowest BCUT2D eigenvalue weighted by molar-refractivity contribution is 0.0746. The number of aryl methyl sites for hydroxylation is 1. The maximum absolute atomic E-state index is 13.2. The molecule has 0 aliphatic carbocycles. The third-order valence-electron chi connectivity index (χ3n) is 5.87. The standard InChI is InChI=1S/C25H27N3O5S/c1-18-11-12-19(17-24(18)34(31,32)26-20-7-3-6-10-23(20)33-2)25(30)28-15-13-27(14-16-28)21-8-4-5-9-22(21)29/h3-12,17,26,29H,13-16H2,1-2H3. The van der Waals surface area contributed by atoms with E-state index in [4.69, 9.17) is 4.74 Å². The number of phenols is 1. The molecule has 1 aliphatic heterocycles. The fourth-order valence-corrected chi connectivity index (χ4v) is 5.36. The Kier molecular flexibility index (Phi) is 6.65. The minimum atomic E-state index is -3.95. The summed E-state index contributed by atoms with van der Waals surface area (Å²) in [5.41, 5.74) is 1.90. The number of carbonyl (C=O) groups is 1. The van der Waals surface area contributed by atoms with Crippen LogP contribution in [-0.2, 0) is 10.0 Å². The van der Waals surface area contributed by atoms with E-state index >= 15 is 0 Å². The number of hydrogen-bond donors (Lipinski definition) is 2. The summed E-state index contributed by atoms with van der Waals surface area (Å²) in [5, 5.41) is 10.1. The molecule has 178 valence electrons. The van der Waals surface area contributed by atoms with Crippen LogP contribution in [0.1, 0.15) is 15.9 Å².